The molecule has 3 rings (SSSR count). The zero-order valence-corrected chi connectivity index (χ0v) is 15.1. The van der Waals surface area contributed by atoms with Gasteiger partial charge in [-0.25, -0.2) is 9.97 Å². The van der Waals surface area contributed by atoms with Gasteiger partial charge in [0, 0.05) is 38.1 Å². The van der Waals surface area contributed by atoms with Crippen LogP contribution in [0.4, 0.5) is 5.95 Å². The lowest BCUT2D eigenvalue weighted by Gasteiger charge is -2.38. The number of piperidine rings is 1. The molecule has 2 aromatic heterocycles. The topological polar surface area (TPSA) is 49.3 Å². The summed E-state index contributed by atoms with van der Waals surface area (Å²) in [6.07, 6.45) is 6.64. The summed E-state index contributed by atoms with van der Waals surface area (Å²) < 4.78 is 0. The molecule has 3 heterocycles. The molecule has 0 saturated carbocycles. The van der Waals surface area contributed by atoms with Gasteiger partial charge >= 0.3 is 0 Å². The van der Waals surface area contributed by atoms with Crippen molar-refractivity contribution >= 4 is 23.2 Å². The van der Waals surface area contributed by atoms with Crippen LogP contribution in [-0.4, -0.2) is 46.5 Å². The van der Waals surface area contributed by atoms with E-state index in [9.17, 15) is 4.79 Å². The zero-order chi connectivity index (χ0) is 16.9. The average molecular weight is 344 g/mol. The second-order valence-corrected chi connectivity index (χ2v) is 7.20. The first-order valence-electron chi connectivity index (χ1n) is 8.57. The summed E-state index contributed by atoms with van der Waals surface area (Å²) in [5.41, 5.74) is 1.07. The number of carbonyl (C=O) groups is 1. The van der Waals surface area contributed by atoms with Crippen LogP contribution in [0.2, 0.25) is 0 Å². The van der Waals surface area contributed by atoms with Gasteiger partial charge in [0.05, 0.1) is 4.88 Å². The van der Waals surface area contributed by atoms with Crippen molar-refractivity contribution in [2.75, 3.05) is 24.5 Å². The van der Waals surface area contributed by atoms with Crippen molar-refractivity contribution in [1.82, 2.24) is 14.9 Å². The molecule has 0 aromatic carbocycles. The number of hydrogen-bond acceptors (Lipinski definition) is 5. The maximum absolute atomic E-state index is 12.8. The van der Waals surface area contributed by atoms with Crippen molar-refractivity contribution in [2.45, 2.75) is 39.2 Å². The normalized spacial score (nSPS) is 15.5. The van der Waals surface area contributed by atoms with E-state index in [1.165, 1.54) is 11.3 Å². The van der Waals surface area contributed by atoms with Crippen LogP contribution >= 0.6 is 11.3 Å². The van der Waals surface area contributed by atoms with Crippen LogP contribution in [0.1, 0.15) is 41.4 Å². The van der Waals surface area contributed by atoms with Crippen molar-refractivity contribution in [3.05, 3.63) is 40.3 Å². The lowest BCUT2D eigenvalue weighted by Crippen LogP contribution is -2.48. The van der Waals surface area contributed by atoms with Gasteiger partial charge in [0.15, 0.2) is 0 Å². The van der Waals surface area contributed by atoms with Crippen LogP contribution < -0.4 is 4.90 Å². The van der Waals surface area contributed by atoms with Gasteiger partial charge in [0.25, 0.3) is 5.91 Å². The van der Waals surface area contributed by atoms with Crippen LogP contribution in [0, 0.1) is 6.92 Å². The number of rotatable bonds is 5. The van der Waals surface area contributed by atoms with E-state index in [2.05, 4.69) is 26.7 Å². The Hall–Kier alpha value is -1.95. The molecule has 2 aromatic rings. The van der Waals surface area contributed by atoms with Gasteiger partial charge in [-0.2, -0.15) is 0 Å². The van der Waals surface area contributed by atoms with E-state index in [1.54, 1.807) is 0 Å². The molecule has 0 N–H and O–H groups in total. The van der Waals surface area contributed by atoms with Gasteiger partial charge in [-0.3, -0.25) is 4.79 Å². The number of thiophene rings is 1. The molecule has 1 aliphatic rings. The van der Waals surface area contributed by atoms with E-state index in [0.29, 0.717) is 6.04 Å². The maximum Gasteiger partial charge on any atom is 0.264 e. The second kappa shape index (κ2) is 7.75. The molecule has 6 heteroatoms. The van der Waals surface area contributed by atoms with Gasteiger partial charge in [0.1, 0.15) is 0 Å². The minimum atomic E-state index is 0.178. The molecule has 1 amide bonds. The molecule has 0 atom stereocenters. The smallest absolute Gasteiger partial charge is 0.264 e. The van der Waals surface area contributed by atoms with E-state index in [0.717, 1.165) is 55.3 Å². The Balaban J connectivity index is 1.65. The summed E-state index contributed by atoms with van der Waals surface area (Å²) in [6, 6.07) is 4.17. The molecular formula is C18H24N4OS. The Morgan fingerprint density at radius 3 is 2.62 bits per heavy atom. The quantitative estimate of drug-likeness (QED) is 0.834. The molecule has 0 bridgehead atoms. The number of hydrogen-bond donors (Lipinski definition) is 0. The SMILES string of the molecule is CCCN(C(=O)c1cccs1)C1CCN(c2ncc(C)cn2)CC1. The van der Waals surface area contributed by atoms with Gasteiger partial charge in [-0.15, -0.1) is 11.3 Å². The van der Waals surface area contributed by atoms with Gasteiger partial charge in [-0.05, 0) is 43.2 Å². The average Bonchev–Trinajstić information content (AvgIpc) is 3.15. The molecule has 0 unspecified atom stereocenters. The third kappa shape index (κ3) is 3.75. The minimum absolute atomic E-state index is 0.178. The Morgan fingerprint density at radius 2 is 2.04 bits per heavy atom. The van der Waals surface area contributed by atoms with Gasteiger partial charge in [-0.1, -0.05) is 13.0 Å². The molecule has 1 fully saturated rings. The first-order valence-corrected chi connectivity index (χ1v) is 9.45. The van der Waals surface area contributed by atoms with E-state index in [4.69, 9.17) is 0 Å². The van der Waals surface area contributed by atoms with Crippen LogP contribution in [0.15, 0.2) is 29.9 Å². The molecule has 1 aliphatic heterocycles. The minimum Gasteiger partial charge on any atom is -0.341 e. The summed E-state index contributed by atoms with van der Waals surface area (Å²) in [6.45, 7) is 6.73. The van der Waals surface area contributed by atoms with Crippen molar-refractivity contribution in [3.8, 4) is 0 Å². The van der Waals surface area contributed by atoms with E-state index in [1.807, 2.05) is 36.8 Å². The van der Waals surface area contributed by atoms with Crippen LogP contribution in [-0.2, 0) is 0 Å². The second-order valence-electron chi connectivity index (χ2n) is 6.25. The Kier molecular flexibility index (Phi) is 5.45. The molecule has 128 valence electrons. The number of carbonyl (C=O) groups excluding carboxylic acids is 1. The highest BCUT2D eigenvalue weighted by Crippen LogP contribution is 2.23. The highest BCUT2D eigenvalue weighted by atomic mass is 32.1. The number of nitrogens with zero attached hydrogens (tertiary/aromatic N) is 4. The molecule has 24 heavy (non-hydrogen) atoms. The van der Waals surface area contributed by atoms with Crippen molar-refractivity contribution in [2.24, 2.45) is 0 Å². The van der Waals surface area contributed by atoms with Crippen molar-refractivity contribution in [1.29, 1.82) is 0 Å². The standard InChI is InChI=1S/C18H24N4OS/c1-3-8-22(17(23)16-5-4-11-24-16)15-6-9-21(10-7-15)18-19-12-14(2)13-20-18/h4-5,11-13,15H,3,6-10H2,1-2H3. The largest absolute Gasteiger partial charge is 0.341 e. The molecule has 0 aliphatic carbocycles. The predicted molar refractivity (Wildman–Crippen MR) is 97.7 cm³/mol. The predicted octanol–water partition coefficient (Wildman–Crippen LogP) is 3.37. The molecular weight excluding hydrogens is 320 g/mol. The van der Waals surface area contributed by atoms with Crippen LogP contribution in [0.5, 0.6) is 0 Å². The maximum atomic E-state index is 12.8. The highest BCUT2D eigenvalue weighted by Gasteiger charge is 2.29. The summed E-state index contributed by atoms with van der Waals surface area (Å²) in [7, 11) is 0. The summed E-state index contributed by atoms with van der Waals surface area (Å²) >= 11 is 1.53. The Bertz CT molecular complexity index is 648. The number of amides is 1. The summed E-state index contributed by atoms with van der Waals surface area (Å²) in [5, 5.41) is 1.97. The monoisotopic (exact) mass is 344 g/mol. The van der Waals surface area contributed by atoms with Gasteiger partial charge in [0.2, 0.25) is 5.95 Å². The fourth-order valence-electron chi connectivity index (χ4n) is 3.16. The molecule has 0 spiro atoms. The first-order chi connectivity index (χ1) is 11.7. The first kappa shape index (κ1) is 16.9. The highest BCUT2D eigenvalue weighted by molar-refractivity contribution is 7.12. The number of aromatic nitrogens is 2. The Morgan fingerprint density at radius 1 is 1.33 bits per heavy atom. The summed E-state index contributed by atoms with van der Waals surface area (Å²) in [4.78, 5) is 26.7. The van der Waals surface area contributed by atoms with Crippen LogP contribution in [0.3, 0.4) is 0 Å². The van der Waals surface area contributed by atoms with Crippen LogP contribution in [0.25, 0.3) is 0 Å². The third-order valence-electron chi connectivity index (χ3n) is 4.41. The van der Waals surface area contributed by atoms with E-state index >= 15 is 0 Å². The van der Waals surface area contributed by atoms with E-state index < -0.39 is 0 Å². The molecule has 1 saturated heterocycles. The molecule has 0 radical (unpaired) electrons. The summed E-state index contributed by atoms with van der Waals surface area (Å²) in [5.74, 6) is 0.975. The van der Waals surface area contributed by atoms with Gasteiger partial charge < -0.3 is 9.80 Å². The van der Waals surface area contributed by atoms with Crippen molar-refractivity contribution < 1.29 is 4.79 Å². The Labute approximate surface area is 147 Å². The number of aryl methyl sites for hydroxylation is 1. The zero-order valence-electron chi connectivity index (χ0n) is 14.3. The lowest BCUT2D eigenvalue weighted by molar-refractivity contribution is 0.0654. The van der Waals surface area contributed by atoms with Crippen molar-refractivity contribution in [3.63, 3.8) is 0 Å². The lowest BCUT2D eigenvalue weighted by atomic mass is 10.0. The fourth-order valence-corrected chi connectivity index (χ4v) is 3.84. The third-order valence-corrected chi connectivity index (χ3v) is 5.27. The van der Waals surface area contributed by atoms with E-state index in [-0.39, 0.29) is 5.91 Å². The number of anilines is 1. The molecule has 5 nitrogen and oxygen atoms in total. The fraction of sp³-hybridized carbons (Fsp3) is 0.500.